The van der Waals surface area contributed by atoms with Crippen molar-refractivity contribution < 1.29 is 13.5 Å². The Balaban J connectivity index is 1.66. The quantitative estimate of drug-likeness (QED) is 0.870. The molecule has 0 radical (unpaired) electrons. The summed E-state index contributed by atoms with van der Waals surface area (Å²) in [5, 5.41) is 0. The Morgan fingerprint density at radius 2 is 1.91 bits per heavy atom. The van der Waals surface area contributed by atoms with Gasteiger partial charge in [-0.1, -0.05) is 0 Å². The smallest absolute Gasteiger partial charge is 0.161 e. The molecule has 116 valence electrons. The van der Waals surface area contributed by atoms with Crippen molar-refractivity contribution in [3.63, 3.8) is 0 Å². The Bertz CT molecular complexity index is 699. The van der Waals surface area contributed by atoms with Crippen LogP contribution in [0.3, 0.4) is 0 Å². The molecule has 0 bridgehead atoms. The Morgan fingerprint density at radius 1 is 1.14 bits per heavy atom. The predicted octanol–water partition coefficient (Wildman–Crippen LogP) is 2.91. The molecule has 2 heterocycles. The van der Waals surface area contributed by atoms with Gasteiger partial charge in [0.05, 0.1) is 23.8 Å². The van der Waals surface area contributed by atoms with E-state index >= 15 is 0 Å². The maximum absolute atomic E-state index is 13.4. The van der Waals surface area contributed by atoms with Gasteiger partial charge in [0.25, 0.3) is 0 Å². The largest absolute Gasteiger partial charge is 0.381 e. The number of fused-ring (bicyclic) bond motifs is 1. The Hall–Kier alpha value is -1.82. The fraction of sp³-hybridized carbons (Fsp3) is 0.500. The van der Waals surface area contributed by atoms with Crippen molar-refractivity contribution in [3.8, 4) is 0 Å². The van der Waals surface area contributed by atoms with Crippen LogP contribution in [-0.2, 0) is 4.74 Å². The van der Waals surface area contributed by atoms with Gasteiger partial charge in [-0.3, -0.25) is 4.98 Å². The first-order valence-corrected chi connectivity index (χ1v) is 7.67. The maximum Gasteiger partial charge on any atom is 0.161 e. The van der Waals surface area contributed by atoms with Crippen molar-refractivity contribution in [1.82, 2.24) is 9.97 Å². The monoisotopic (exact) mass is 305 g/mol. The van der Waals surface area contributed by atoms with E-state index in [4.69, 9.17) is 4.74 Å². The SMILES string of the molecule is Fc1cc2ncc(N(CC3CCOC3)C3CC3)nc2cc1F. The van der Waals surface area contributed by atoms with Gasteiger partial charge in [0.15, 0.2) is 11.6 Å². The van der Waals surface area contributed by atoms with Crippen molar-refractivity contribution in [3.05, 3.63) is 30.0 Å². The highest BCUT2D eigenvalue weighted by Crippen LogP contribution is 2.33. The lowest BCUT2D eigenvalue weighted by Crippen LogP contribution is -2.32. The molecule has 0 amide bonds. The Labute approximate surface area is 127 Å². The lowest BCUT2D eigenvalue weighted by Gasteiger charge is -2.26. The van der Waals surface area contributed by atoms with Crippen LogP contribution in [0.25, 0.3) is 11.0 Å². The number of ether oxygens (including phenoxy) is 1. The zero-order chi connectivity index (χ0) is 15.1. The number of hydrogen-bond acceptors (Lipinski definition) is 4. The first kappa shape index (κ1) is 13.8. The van der Waals surface area contributed by atoms with E-state index in [1.54, 1.807) is 6.20 Å². The predicted molar refractivity (Wildman–Crippen MR) is 78.7 cm³/mol. The van der Waals surface area contributed by atoms with Crippen molar-refractivity contribution >= 4 is 16.9 Å². The number of anilines is 1. The zero-order valence-electron chi connectivity index (χ0n) is 12.1. The zero-order valence-corrected chi connectivity index (χ0v) is 12.1. The van der Waals surface area contributed by atoms with E-state index in [9.17, 15) is 8.78 Å². The van der Waals surface area contributed by atoms with Crippen molar-refractivity contribution in [2.45, 2.75) is 25.3 Å². The molecular formula is C16H17F2N3O. The maximum atomic E-state index is 13.4. The first-order valence-electron chi connectivity index (χ1n) is 7.67. The van der Waals surface area contributed by atoms with Gasteiger partial charge < -0.3 is 9.64 Å². The lowest BCUT2D eigenvalue weighted by atomic mass is 10.1. The van der Waals surface area contributed by atoms with Gasteiger partial charge in [-0.05, 0) is 19.3 Å². The van der Waals surface area contributed by atoms with Gasteiger partial charge in [0.1, 0.15) is 5.82 Å². The van der Waals surface area contributed by atoms with Crippen LogP contribution >= 0.6 is 0 Å². The lowest BCUT2D eigenvalue weighted by molar-refractivity contribution is 0.186. The number of aromatic nitrogens is 2. The number of nitrogens with zero attached hydrogens (tertiary/aromatic N) is 3. The molecule has 1 saturated carbocycles. The summed E-state index contributed by atoms with van der Waals surface area (Å²) in [6.07, 6.45) is 5.01. The van der Waals surface area contributed by atoms with Gasteiger partial charge in [-0.2, -0.15) is 0 Å². The summed E-state index contributed by atoms with van der Waals surface area (Å²) in [4.78, 5) is 11.0. The van der Waals surface area contributed by atoms with Crippen LogP contribution in [0.4, 0.5) is 14.6 Å². The summed E-state index contributed by atoms with van der Waals surface area (Å²) in [5.74, 6) is -0.534. The third-order valence-electron chi connectivity index (χ3n) is 4.33. The third kappa shape index (κ3) is 2.63. The molecular weight excluding hydrogens is 288 g/mol. The molecule has 1 unspecified atom stereocenters. The molecule has 1 aliphatic heterocycles. The van der Waals surface area contributed by atoms with Crippen molar-refractivity contribution in [2.24, 2.45) is 5.92 Å². The summed E-state index contributed by atoms with van der Waals surface area (Å²) >= 11 is 0. The molecule has 1 atom stereocenters. The third-order valence-corrected chi connectivity index (χ3v) is 4.33. The van der Waals surface area contributed by atoms with Gasteiger partial charge in [-0.25, -0.2) is 13.8 Å². The molecule has 22 heavy (non-hydrogen) atoms. The van der Waals surface area contributed by atoms with Crippen LogP contribution in [0.2, 0.25) is 0 Å². The molecule has 1 aliphatic carbocycles. The standard InChI is InChI=1S/C16H17F2N3O/c17-12-5-14-15(6-13(12)18)20-16(7-19-14)21(11-1-2-11)8-10-3-4-22-9-10/h5-7,10-11H,1-4,8-9H2. The van der Waals surface area contributed by atoms with Gasteiger partial charge in [0.2, 0.25) is 0 Å². The normalized spacial score (nSPS) is 21.5. The molecule has 4 nitrogen and oxygen atoms in total. The number of rotatable bonds is 4. The number of hydrogen-bond donors (Lipinski definition) is 0. The fourth-order valence-corrected chi connectivity index (χ4v) is 2.96. The average Bonchev–Trinajstić information content (AvgIpc) is 3.22. The highest BCUT2D eigenvalue weighted by Gasteiger charge is 2.32. The van der Waals surface area contributed by atoms with Gasteiger partial charge >= 0.3 is 0 Å². The summed E-state index contributed by atoms with van der Waals surface area (Å²) in [6.45, 7) is 2.48. The summed E-state index contributed by atoms with van der Waals surface area (Å²) < 4.78 is 32.1. The molecule has 2 aromatic rings. The molecule has 6 heteroatoms. The highest BCUT2D eigenvalue weighted by molar-refractivity contribution is 5.75. The second kappa shape index (κ2) is 5.43. The minimum Gasteiger partial charge on any atom is -0.381 e. The van der Waals surface area contributed by atoms with Crippen LogP contribution in [0.5, 0.6) is 0 Å². The average molecular weight is 305 g/mol. The van der Waals surface area contributed by atoms with Crippen LogP contribution in [0.15, 0.2) is 18.3 Å². The number of halogens is 2. The van der Waals surface area contributed by atoms with Crippen LogP contribution in [-0.4, -0.2) is 35.8 Å². The number of benzene rings is 1. The van der Waals surface area contributed by atoms with E-state index in [0.29, 0.717) is 23.0 Å². The van der Waals surface area contributed by atoms with E-state index in [1.165, 1.54) is 0 Å². The Morgan fingerprint density at radius 3 is 2.59 bits per heavy atom. The van der Waals surface area contributed by atoms with Crippen LogP contribution < -0.4 is 4.90 Å². The summed E-state index contributed by atoms with van der Waals surface area (Å²) in [6, 6.07) is 2.69. The minimum atomic E-state index is -0.892. The summed E-state index contributed by atoms with van der Waals surface area (Å²) in [5.41, 5.74) is 0.771. The highest BCUT2D eigenvalue weighted by atomic mass is 19.2. The van der Waals surface area contributed by atoms with Crippen molar-refractivity contribution in [1.29, 1.82) is 0 Å². The molecule has 1 aromatic carbocycles. The minimum absolute atomic E-state index is 0.377. The first-order chi connectivity index (χ1) is 10.7. The molecule has 1 saturated heterocycles. The molecule has 0 spiro atoms. The van der Waals surface area contributed by atoms with Gasteiger partial charge in [0, 0.05) is 37.2 Å². The van der Waals surface area contributed by atoms with Crippen LogP contribution in [0, 0.1) is 17.6 Å². The van der Waals surface area contributed by atoms with E-state index < -0.39 is 11.6 Å². The van der Waals surface area contributed by atoms with Crippen LogP contribution in [0.1, 0.15) is 19.3 Å². The fourth-order valence-electron chi connectivity index (χ4n) is 2.96. The Kier molecular flexibility index (Phi) is 3.41. The van der Waals surface area contributed by atoms with E-state index in [1.807, 2.05) is 0 Å². The van der Waals surface area contributed by atoms with E-state index in [-0.39, 0.29) is 0 Å². The molecule has 0 N–H and O–H groups in total. The van der Waals surface area contributed by atoms with Gasteiger partial charge in [-0.15, -0.1) is 0 Å². The summed E-state index contributed by atoms with van der Waals surface area (Å²) in [7, 11) is 0. The second-order valence-electron chi connectivity index (χ2n) is 6.10. The van der Waals surface area contributed by atoms with Crippen molar-refractivity contribution in [2.75, 3.05) is 24.7 Å². The molecule has 4 rings (SSSR count). The molecule has 1 aromatic heterocycles. The topological polar surface area (TPSA) is 38.2 Å². The second-order valence-corrected chi connectivity index (χ2v) is 6.10. The molecule has 2 aliphatic rings. The van der Waals surface area contributed by atoms with E-state index in [2.05, 4.69) is 14.9 Å². The molecule has 2 fully saturated rings. The van der Waals surface area contributed by atoms with E-state index in [0.717, 1.165) is 57.0 Å².